The molecule has 0 N–H and O–H groups in total. The van der Waals surface area contributed by atoms with Crippen LogP contribution in [0.4, 0.5) is 0 Å². The first-order valence-corrected chi connectivity index (χ1v) is 8.79. The highest BCUT2D eigenvalue weighted by Gasteiger charge is 2.45. The lowest BCUT2D eigenvalue weighted by molar-refractivity contribution is -0.102. The second kappa shape index (κ2) is 6.22. The third-order valence-electron chi connectivity index (χ3n) is 5.30. The number of hydrogen-bond acceptors (Lipinski definition) is 3. The van der Waals surface area contributed by atoms with Gasteiger partial charge in [-0.3, -0.25) is 4.79 Å². The van der Waals surface area contributed by atoms with E-state index in [2.05, 4.69) is 6.07 Å². The molecule has 2 aliphatic rings. The number of fused-ring (bicyclic) bond motifs is 2. The van der Waals surface area contributed by atoms with Crippen molar-refractivity contribution in [3.8, 4) is 0 Å². The monoisotopic (exact) mass is 328 g/mol. The Morgan fingerprint density at radius 1 is 1.33 bits per heavy atom. The summed E-state index contributed by atoms with van der Waals surface area (Å²) >= 11 is 0. The number of morpholine rings is 1. The van der Waals surface area contributed by atoms with Crippen LogP contribution in [-0.2, 0) is 16.5 Å². The highest BCUT2D eigenvalue weighted by molar-refractivity contribution is 6.07. The summed E-state index contributed by atoms with van der Waals surface area (Å²) in [5.74, 6) is 0.113. The lowest BCUT2D eigenvalue weighted by Crippen LogP contribution is -2.53. The molecule has 0 bridgehead atoms. The quantitative estimate of drug-likeness (QED) is 0.870. The summed E-state index contributed by atoms with van der Waals surface area (Å²) in [6, 6.07) is 8.20. The van der Waals surface area contributed by atoms with Gasteiger partial charge in [-0.25, -0.2) is 0 Å². The number of amides is 1. The summed E-state index contributed by atoms with van der Waals surface area (Å²) in [5, 5.41) is 1.02. The Morgan fingerprint density at radius 3 is 3.00 bits per heavy atom. The Hall–Kier alpha value is -1.85. The van der Waals surface area contributed by atoms with E-state index in [9.17, 15) is 4.79 Å². The summed E-state index contributed by atoms with van der Waals surface area (Å²) in [6.45, 7) is 3.94. The van der Waals surface area contributed by atoms with Crippen LogP contribution in [0.1, 0.15) is 30.1 Å². The molecule has 1 aromatic carbocycles. The van der Waals surface area contributed by atoms with Gasteiger partial charge in [-0.2, -0.15) is 0 Å². The molecular formula is C19H24N2O3. The SMILES string of the molecule is CCO[C@H]1CC[C@H]2[C@H]1OCCN2C(=O)c1cn(C)c2ccccc12. The minimum atomic E-state index is 0.0117. The molecule has 5 heteroatoms. The smallest absolute Gasteiger partial charge is 0.256 e. The van der Waals surface area contributed by atoms with Crippen molar-refractivity contribution in [2.75, 3.05) is 19.8 Å². The number of nitrogens with zero attached hydrogens (tertiary/aromatic N) is 2. The fourth-order valence-corrected chi connectivity index (χ4v) is 4.23. The van der Waals surface area contributed by atoms with Gasteiger partial charge < -0.3 is 18.9 Å². The number of hydrogen-bond donors (Lipinski definition) is 0. The van der Waals surface area contributed by atoms with Gasteiger partial charge in [-0.15, -0.1) is 0 Å². The summed E-state index contributed by atoms with van der Waals surface area (Å²) in [7, 11) is 1.99. The van der Waals surface area contributed by atoms with Gasteiger partial charge in [-0.05, 0) is 25.8 Å². The van der Waals surface area contributed by atoms with Crippen LogP contribution in [0.3, 0.4) is 0 Å². The van der Waals surface area contributed by atoms with Gasteiger partial charge in [0.15, 0.2) is 0 Å². The first kappa shape index (κ1) is 15.7. The number of ether oxygens (including phenoxy) is 2. The summed E-state index contributed by atoms with van der Waals surface area (Å²) in [4.78, 5) is 15.3. The van der Waals surface area contributed by atoms with E-state index in [0.29, 0.717) is 19.8 Å². The van der Waals surface area contributed by atoms with Gasteiger partial charge in [0.1, 0.15) is 6.10 Å². The van der Waals surface area contributed by atoms with E-state index in [1.54, 1.807) is 0 Å². The number of aryl methyl sites for hydroxylation is 1. The standard InChI is InChI=1S/C19H24N2O3/c1-3-23-17-9-8-16-18(17)24-11-10-21(16)19(22)14-12-20(2)15-7-5-4-6-13(14)15/h4-7,12,16-18H,3,8-11H2,1-2H3/t16-,17-,18+/m0/s1. The number of para-hydroxylation sites is 1. The molecule has 1 amide bonds. The van der Waals surface area contributed by atoms with Gasteiger partial charge in [0.2, 0.25) is 0 Å². The largest absolute Gasteiger partial charge is 0.376 e. The van der Waals surface area contributed by atoms with Gasteiger partial charge in [0.25, 0.3) is 5.91 Å². The van der Waals surface area contributed by atoms with E-state index < -0.39 is 0 Å². The molecule has 0 spiro atoms. The molecule has 2 heterocycles. The first-order chi connectivity index (χ1) is 11.7. The third kappa shape index (κ3) is 2.43. The summed E-state index contributed by atoms with van der Waals surface area (Å²) in [5.41, 5.74) is 1.87. The van der Waals surface area contributed by atoms with Gasteiger partial charge >= 0.3 is 0 Å². The zero-order valence-corrected chi connectivity index (χ0v) is 14.3. The third-order valence-corrected chi connectivity index (χ3v) is 5.30. The highest BCUT2D eigenvalue weighted by atomic mass is 16.5. The second-order valence-electron chi connectivity index (χ2n) is 6.64. The molecule has 2 aromatic rings. The molecule has 1 saturated heterocycles. The molecule has 4 rings (SSSR count). The predicted molar refractivity (Wildman–Crippen MR) is 92.1 cm³/mol. The Morgan fingerprint density at radius 2 is 2.17 bits per heavy atom. The van der Waals surface area contributed by atoms with E-state index in [1.807, 2.05) is 47.8 Å². The van der Waals surface area contributed by atoms with E-state index in [1.165, 1.54) is 0 Å². The average Bonchev–Trinajstić information content (AvgIpc) is 3.17. The molecule has 0 radical (unpaired) electrons. The van der Waals surface area contributed by atoms with Crippen molar-refractivity contribution in [1.29, 1.82) is 0 Å². The fourth-order valence-electron chi connectivity index (χ4n) is 4.23. The molecule has 24 heavy (non-hydrogen) atoms. The average molecular weight is 328 g/mol. The Balaban J connectivity index is 1.64. The first-order valence-electron chi connectivity index (χ1n) is 8.79. The van der Waals surface area contributed by atoms with Crippen LogP contribution >= 0.6 is 0 Å². The lowest BCUT2D eigenvalue weighted by atomic mass is 10.1. The van der Waals surface area contributed by atoms with Gasteiger partial charge in [0.05, 0.1) is 24.3 Å². The van der Waals surface area contributed by atoms with Crippen molar-refractivity contribution in [3.63, 3.8) is 0 Å². The van der Waals surface area contributed by atoms with Crippen molar-refractivity contribution in [2.24, 2.45) is 7.05 Å². The molecule has 5 nitrogen and oxygen atoms in total. The Labute approximate surface area is 142 Å². The van der Waals surface area contributed by atoms with Crippen LogP contribution in [0.15, 0.2) is 30.5 Å². The number of rotatable bonds is 3. The number of carbonyl (C=O) groups is 1. The zero-order chi connectivity index (χ0) is 16.7. The molecule has 128 valence electrons. The predicted octanol–water partition coefficient (Wildman–Crippen LogP) is 2.59. The topological polar surface area (TPSA) is 43.7 Å². The number of aromatic nitrogens is 1. The van der Waals surface area contributed by atoms with E-state index in [0.717, 1.165) is 29.3 Å². The molecular weight excluding hydrogens is 304 g/mol. The molecule has 2 fully saturated rings. The zero-order valence-electron chi connectivity index (χ0n) is 14.3. The number of benzene rings is 1. The maximum Gasteiger partial charge on any atom is 0.256 e. The van der Waals surface area contributed by atoms with Crippen molar-refractivity contribution in [3.05, 3.63) is 36.0 Å². The summed E-state index contributed by atoms with van der Waals surface area (Å²) < 4.78 is 13.8. The summed E-state index contributed by atoms with van der Waals surface area (Å²) in [6.07, 6.45) is 3.99. The molecule has 1 aliphatic carbocycles. The maximum atomic E-state index is 13.3. The van der Waals surface area contributed by atoms with Crippen molar-refractivity contribution < 1.29 is 14.3 Å². The van der Waals surface area contributed by atoms with Crippen LogP contribution in [0.5, 0.6) is 0 Å². The number of carbonyl (C=O) groups excluding carboxylic acids is 1. The Kier molecular flexibility index (Phi) is 4.06. The minimum absolute atomic E-state index is 0.0117. The van der Waals surface area contributed by atoms with Crippen LogP contribution in [-0.4, -0.2) is 53.4 Å². The van der Waals surface area contributed by atoms with Crippen LogP contribution in [0.25, 0.3) is 10.9 Å². The van der Waals surface area contributed by atoms with E-state index in [4.69, 9.17) is 9.47 Å². The van der Waals surface area contributed by atoms with E-state index >= 15 is 0 Å². The molecule has 0 unspecified atom stereocenters. The second-order valence-corrected chi connectivity index (χ2v) is 6.64. The van der Waals surface area contributed by atoms with Crippen molar-refractivity contribution >= 4 is 16.8 Å². The maximum absolute atomic E-state index is 13.3. The van der Waals surface area contributed by atoms with Crippen LogP contribution in [0, 0.1) is 0 Å². The minimum Gasteiger partial charge on any atom is -0.376 e. The lowest BCUT2D eigenvalue weighted by Gasteiger charge is -2.39. The molecule has 1 aliphatic heterocycles. The van der Waals surface area contributed by atoms with Gasteiger partial charge in [0, 0.05) is 37.3 Å². The molecule has 3 atom stereocenters. The van der Waals surface area contributed by atoms with Crippen molar-refractivity contribution in [1.82, 2.24) is 9.47 Å². The van der Waals surface area contributed by atoms with Crippen molar-refractivity contribution in [2.45, 2.75) is 38.0 Å². The normalized spacial score (nSPS) is 26.8. The van der Waals surface area contributed by atoms with Crippen LogP contribution in [0.2, 0.25) is 0 Å². The Bertz CT molecular complexity index is 754. The molecule has 1 aromatic heterocycles. The fraction of sp³-hybridized carbons (Fsp3) is 0.526. The van der Waals surface area contributed by atoms with Gasteiger partial charge in [-0.1, -0.05) is 18.2 Å². The van der Waals surface area contributed by atoms with E-state index in [-0.39, 0.29) is 24.2 Å². The van der Waals surface area contributed by atoms with Crippen LogP contribution < -0.4 is 0 Å². The molecule has 1 saturated carbocycles. The highest BCUT2D eigenvalue weighted by Crippen LogP contribution is 2.34.